The number of fused-ring (bicyclic) bond motifs is 2. The number of nitrogens with zero attached hydrogens (tertiary/aromatic N) is 3. The lowest BCUT2D eigenvalue weighted by molar-refractivity contribution is -0.137. The van der Waals surface area contributed by atoms with Gasteiger partial charge in [-0.25, -0.2) is 18.2 Å². The molecular formula is C28H20F6N4O2. The molecule has 0 bridgehead atoms. The molecule has 4 aromatic heterocycles. The van der Waals surface area contributed by atoms with Crippen LogP contribution in [0.5, 0.6) is 0 Å². The average Bonchev–Trinajstić information content (AvgIpc) is 3.47. The predicted octanol–water partition coefficient (Wildman–Crippen LogP) is 6.82. The van der Waals surface area contributed by atoms with Crippen molar-refractivity contribution in [1.82, 2.24) is 13.8 Å². The molecule has 0 atom stereocenters. The van der Waals surface area contributed by atoms with Crippen LogP contribution < -0.4 is 5.73 Å². The Morgan fingerprint density at radius 3 is 2.48 bits per heavy atom. The van der Waals surface area contributed by atoms with Crippen molar-refractivity contribution in [2.45, 2.75) is 20.0 Å². The van der Waals surface area contributed by atoms with Gasteiger partial charge in [0.2, 0.25) is 5.78 Å². The van der Waals surface area contributed by atoms with E-state index >= 15 is 0 Å². The van der Waals surface area contributed by atoms with Gasteiger partial charge in [0.1, 0.15) is 0 Å². The summed E-state index contributed by atoms with van der Waals surface area (Å²) in [5, 5.41) is 0. The highest BCUT2D eigenvalue weighted by atomic mass is 19.4. The van der Waals surface area contributed by atoms with E-state index in [1.807, 2.05) is 0 Å². The standard InChI is InChI=1S/C28H20F6N4O2/c1-3-40-8-6-15-11-21(26(39)16-9-19(29)23(31)20(30)10-16)37-7-4-5-17(25(15)37)22-18(28(32,33)34)13-38-14(2)12-36-27(38)24(22)35/h4-13H,3,35H2,1-2H3. The van der Waals surface area contributed by atoms with Gasteiger partial charge < -0.3 is 19.3 Å². The number of ether oxygens (including phenoxy) is 1. The zero-order valence-corrected chi connectivity index (χ0v) is 21.0. The smallest absolute Gasteiger partial charge is 0.418 e. The second kappa shape index (κ2) is 9.78. The van der Waals surface area contributed by atoms with Crippen molar-refractivity contribution in [3.05, 3.63) is 101 Å². The molecule has 0 radical (unpaired) electrons. The van der Waals surface area contributed by atoms with E-state index in [-0.39, 0.29) is 45.8 Å². The summed E-state index contributed by atoms with van der Waals surface area (Å²) in [4.78, 5) is 17.5. The number of hydrogen-bond donors (Lipinski definition) is 1. The first-order valence-electron chi connectivity index (χ1n) is 11.9. The fourth-order valence-corrected chi connectivity index (χ4v) is 4.61. The molecule has 1 aromatic carbocycles. The highest BCUT2D eigenvalue weighted by Crippen LogP contribution is 2.44. The third-order valence-corrected chi connectivity index (χ3v) is 6.40. The molecule has 0 aliphatic rings. The van der Waals surface area contributed by atoms with Gasteiger partial charge in [0.15, 0.2) is 23.1 Å². The fourth-order valence-electron chi connectivity index (χ4n) is 4.61. The van der Waals surface area contributed by atoms with E-state index in [1.54, 1.807) is 13.8 Å². The van der Waals surface area contributed by atoms with Gasteiger partial charge in [-0.2, -0.15) is 13.2 Å². The van der Waals surface area contributed by atoms with Crippen molar-refractivity contribution in [3.63, 3.8) is 0 Å². The third kappa shape index (κ3) is 4.34. The van der Waals surface area contributed by atoms with E-state index in [0.717, 1.165) is 6.20 Å². The Morgan fingerprint density at radius 1 is 1.12 bits per heavy atom. The lowest BCUT2D eigenvalue weighted by atomic mass is 9.97. The van der Waals surface area contributed by atoms with Gasteiger partial charge in [-0.3, -0.25) is 4.79 Å². The maximum absolute atomic E-state index is 14.4. The Kier molecular flexibility index (Phi) is 6.56. The van der Waals surface area contributed by atoms with Crippen LogP contribution in [0, 0.1) is 24.4 Å². The highest BCUT2D eigenvalue weighted by molar-refractivity contribution is 6.10. The van der Waals surface area contributed by atoms with Crippen LogP contribution in [0.3, 0.4) is 0 Å². The molecule has 206 valence electrons. The minimum Gasteiger partial charge on any atom is -0.501 e. The van der Waals surface area contributed by atoms with Gasteiger partial charge in [0.25, 0.3) is 0 Å². The van der Waals surface area contributed by atoms with Crippen molar-refractivity contribution < 1.29 is 35.9 Å². The lowest BCUT2D eigenvalue weighted by Crippen LogP contribution is -2.13. The number of carbonyl (C=O) groups is 1. The van der Waals surface area contributed by atoms with Gasteiger partial charge in [0.05, 0.1) is 35.3 Å². The summed E-state index contributed by atoms with van der Waals surface area (Å²) in [6, 6.07) is 5.24. The molecule has 0 spiro atoms. The van der Waals surface area contributed by atoms with Crippen molar-refractivity contribution in [2.75, 3.05) is 12.3 Å². The van der Waals surface area contributed by atoms with E-state index in [0.29, 0.717) is 17.8 Å². The van der Waals surface area contributed by atoms with Crippen LogP contribution in [-0.2, 0) is 10.9 Å². The van der Waals surface area contributed by atoms with Crippen molar-refractivity contribution in [3.8, 4) is 11.1 Å². The van der Waals surface area contributed by atoms with Crippen LogP contribution >= 0.6 is 0 Å². The van der Waals surface area contributed by atoms with Crippen molar-refractivity contribution in [2.24, 2.45) is 0 Å². The molecule has 0 aliphatic heterocycles. The molecule has 0 amide bonds. The Hall–Kier alpha value is -4.74. The molecule has 0 saturated heterocycles. The van der Waals surface area contributed by atoms with Crippen LogP contribution in [0.25, 0.3) is 28.4 Å². The highest BCUT2D eigenvalue weighted by Gasteiger charge is 2.37. The molecule has 4 heterocycles. The van der Waals surface area contributed by atoms with Crippen molar-refractivity contribution >= 4 is 28.7 Å². The maximum atomic E-state index is 14.4. The molecule has 0 aliphatic carbocycles. The van der Waals surface area contributed by atoms with Crippen LogP contribution in [-0.4, -0.2) is 26.2 Å². The summed E-state index contributed by atoms with van der Waals surface area (Å²) in [6.45, 7) is 3.59. The topological polar surface area (TPSA) is 74.0 Å². The summed E-state index contributed by atoms with van der Waals surface area (Å²) < 4.78 is 92.4. The molecule has 5 rings (SSSR count). The van der Waals surface area contributed by atoms with Gasteiger partial charge in [-0.05, 0) is 44.2 Å². The van der Waals surface area contributed by atoms with E-state index < -0.39 is 40.5 Å². The monoisotopic (exact) mass is 558 g/mol. The SMILES string of the molecule is CCOC=Cc1cc(C(=O)c2cc(F)c(F)c(F)c2)n2cccc(-c3c(C(F)(F)F)cn4c(C)cnc4c3N)c12. The molecule has 0 saturated carbocycles. The van der Waals surface area contributed by atoms with Gasteiger partial charge in [0, 0.05) is 46.5 Å². The Bertz CT molecular complexity index is 1810. The number of aryl methyl sites for hydroxylation is 1. The normalized spacial score (nSPS) is 12.2. The first-order chi connectivity index (χ1) is 18.9. The van der Waals surface area contributed by atoms with Gasteiger partial charge in [-0.15, -0.1) is 0 Å². The molecule has 0 unspecified atom stereocenters. The average molecular weight is 558 g/mol. The quantitative estimate of drug-likeness (QED) is 0.107. The molecule has 0 fully saturated rings. The number of nitrogens with two attached hydrogens (primary N) is 1. The number of nitrogen functional groups attached to an aromatic ring is 1. The number of hydrogen-bond acceptors (Lipinski definition) is 4. The number of anilines is 1. The number of halogens is 6. The van der Waals surface area contributed by atoms with E-state index in [9.17, 15) is 31.1 Å². The van der Waals surface area contributed by atoms with Gasteiger partial charge in [-0.1, -0.05) is 6.07 Å². The van der Waals surface area contributed by atoms with Crippen LogP contribution in [0.2, 0.25) is 0 Å². The summed E-state index contributed by atoms with van der Waals surface area (Å²) in [5.41, 5.74) is 4.96. The molecule has 5 aromatic rings. The zero-order valence-electron chi connectivity index (χ0n) is 21.0. The number of aromatic nitrogens is 3. The minimum atomic E-state index is -4.82. The summed E-state index contributed by atoms with van der Waals surface area (Å²) in [6.07, 6.45) is 1.61. The number of benzene rings is 1. The van der Waals surface area contributed by atoms with Crippen LogP contribution in [0.15, 0.2) is 55.2 Å². The first kappa shape index (κ1) is 26.9. The number of imidazole rings is 1. The Labute approximate surface area is 222 Å². The number of carbonyl (C=O) groups excluding carboxylic acids is 1. The predicted molar refractivity (Wildman–Crippen MR) is 136 cm³/mol. The van der Waals surface area contributed by atoms with Gasteiger partial charge >= 0.3 is 6.18 Å². The number of ketones is 1. The molecular weight excluding hydrogens is 538 g/mol. The van der Waals surface area contributed by atoms with E-state index in [2.05, 4.69) is 4.98 Å². The Morgan fingerprint density at radius 2 is 1.82 bits per heavy atom. The second-order valence-corrected chi connectivity index (χ2v) is 8.89. The second-order valence-electron chi connectivity index (χ2n) is 8.89. The van der Waals surface area contributed by atoms with Crippen LogP contribution in [0.1, 0.15) is 39.8 Å². The largest absolute Gasteiger partial charge is 0.501 e. The first-order valence-corrected chi connectivity index (χ1v) is 11.9. The minimum absolute atomic E-state index is 0.0159. The summed E-state index contributed by atoms with van der Waals surface area (Å²) >= 11 is 0. The van der Waals surface area contributed by atoms with E-state index in [4.69, 9.17) is 10.5 Å². The fraction of sp³-hybridized carbons (Fsp3) is 0.143. The van der Waals surface area contributed by atoms with Crippen LogP contribution in [0.4, 0.5) is 32.0 Å². The Balaban J connectivity index is 1.84. The molecule has 12 heteroatoms. The number of rotatable bonds is 6. The molecule has 2 N–H and O–H groups in total. The molecule has 6 nitrogen and oxygen atoms in total. The number of pyridine rings is 2. The molecule has 40 heavy (non-hydrogen) atoms. The summed E-state index contributed by atoms with van der Waals surface area (Å²) in [5.74, 6) is -5.76. The summed E-state index contributed by atoms with van der Waals surface area (Å²) in [7, 11) is 0. The third-order valence-electron chi connectivity index (χ3n) is 6.40. The maximum Gasteiger partial charge on any atom is 0.418 e. The van der Waals surface area contributed by atoms with E-state index in [1.165, 1.54) is 51.7 Å². The number of alkyl halides is 3. The van der Waals surface area contributed by atoms with Crippen molar-refractivity contribution in [1.29, 1.82) is 0 Å². The zero-order chi connectivity index (χ0) is 28.9. The lowest BCUT2D eigenvalue weighted by Gasteiger charge is -2.18.